The molecule has 0 N–H and O–H groups in total. The number of hydrogen-bond donors (Lipinski definition) is 0. The molecule has 0 atom stereocenters. The van der Waals surface area contributed by atoms with Gasteiger partial charge in [-0.25, -0.2) is 4.57 Å². The number of aromatic nitrogens is 3. The van der Waals surface area contributed by atoms with Crippen LogP contribution < -0.4 is 0 Å². The molecule has 10 heteroatoms. The first-order valence-electron chi connectivity index (χ1n) is 4.97. The van der Waals surface area contributed by atoms with Gasteiger partial charge in [0.25, 0.3) is 0 Å². The Morgan fingerprint density at radius 1 is 1.26 bits per heavy atom. The van der Waals surface area contributed by atoms with E-state index >= 15 is 0 Å². The lowest BCUT2D eigenvalue weighted by Gasteiger charge is -2.13. The molecule has 2 rings (SSSR count). The SMILES string of the molecule is COP(=O)(OC)n1nnc2ccc(C(F)(F)F)cc21. The molecule has 6 nitrogen and oxygen atoms in total. The summed E-state index contributed by atoms with van der Waals surface area (Å²) in [5.41, 5.74) is -0.827. The summed E-state index contributed by atoms with van der Waals surface area (Å²) in [7, 11) is -1.62. The Kier molecular flexibility index (Phi) is 3.38. The summed E-state index contributed by atoms with van der Waals surface area (Å²) >= 11 is 0. The van der Waals surface area contributed by atoms with E-state index in [1.807, 2.05) is 0 Å². The third-order valence-electron chi connectivity index (χ3n) is 2.45. The molecule has 1 aromatic heterocycles. The van der Waals surface area contributed by atoms with Crippen LogP contribution in [-0.2, 0) is 19.8 Å². The summed E-state index contributed by atoms with van der Waals surface area (Å²) in [6, 6.07) is 2.79. The van der Waals surface area contributed by atoms with Crippen molar-refractivity contribution in [2.24, 2.45) is 0 Å². The second-order valence-corrected chi connectivity index (χ2v) is 5.56. The van der Waals surface area contributed by atoms with Crippen LogP contribution in [0.3, 0.4) is 0 Å². The Morgan fingerprint density at radius 3 is 2.42 bits per heavy atom. The minimum atomic E-state index is -4.52. The van der Waals surface area contributed by atoms with E-state index in [1.54, 1.807) is 0 Å². The first kappa shape index (κ1) is 14.0. The molecule has 2 aromatic rings. The first-order valence-corrected chi connectivity index (χ1v) is 6.46. The monoisotopic (exact) mass is 295 g/mol. The van der Waals surface area contributed by atoms with Crippen LogP contribution in [-0.4, -0.2) is 29.0 Å². The predicted molar refractivity (Wildman–Crippen MR) is 59.6 cm³/mol. The van der Waals surface area contributed by atoms with Gasteiger partial charge in [0.2, 0.25) is 0 Å². The van der Waals surface area contributed by atoms with Crippen LogP contribution in [0.25, 0.3) is 11.0 Å². The molecule has 0 aliphatic rings. The van der Waals surface area contributed by atoms with Gasteiger partial charge < -0.3 is 0 Å². The molecule has 0 unspecified atom stereocenters. The maximum Gasteiger partial charge on any atom is 0.456 e. The maximum absolute atomic E-state index is 12.6. The molecule has 0 aliphatic carbocycles. The molecule has 0 fully saturated rings. The minimum Gasteiger partial charge on any atom is -0.294 e. The van der Waals surface area contributed by atoms with Gasteiger partial charge in [0.15, 0.2) is 0 Å². The molecule has 0 spiro atoms. The molecule has 0 saturated carbocycles. The second-order valence-electron chi connectivity index (χ2n) is 3.51. The third kappa shape index (κ3) is 2.36. The van der Waals surface area contributed by atoms with Gasteiger partial charge in [-0.2, -0.15) is 13.2 Å². The van der Waals surface area contributed by atoms with E-state index in [0.717, 1.165) is 36.9 Å². The van der Waals surface area contributed by atoms with E-state index in [1.165, 1.54) is 0 Å². The molecule has 0 bridgehead atoms. The number of rotatable bonds is 3. The van der Waals surface area contributed by atoms with E-state index < -0.39 is 19.5 Å². The maximum atomic E-state index is 12.6. The topological polar surface area (TPSA) is 66.2 Å². The van der Waals surface area contributed by atoms with Crippen molar-refractivity contribution in [2.45, 2.75) is 6.18 Å². The number of fused-ring (bicyclic) bond motifs is 1. The number of nitrogens with zero attached hydrogens (tertiary/aromatic N) is 3. The average Bonchev–Trinajstić information content (AvgIpc) is 2.80. The highest BCUT2D eigenvalue weighted by atomic mass is 31.2. The van der Waals surface area contributed by atoms with Crippen molar-refractivity contribution in [3.63, 3.8) is 0 Å². The summed E-state index contributed by atoms with van der Waals surface area (Å²) in [5, 5.41) is 7.14. The lowest BCUT2D eigenvalue weighted by atomic mass is 10.2. The number of alkyl halides is 3. The number of halogens is 3. The molecule has 1 heterocycles. The van der Waals surface area contributed by atoms with E-state index in [2.05, 4.69) is 19.4 Å². The normalized spacial score (nSPS) is 13.1. The Bertz CT molecular complexity index is 647. The fourth-order valence-corrected chi connectivity index (χ4v) is 2.51. The van der Waals surface area contributed by atoms with Crippen molar-refractivity contribution in [1.82, 2.24) is 14.8 Å². The highest BCUT2D eigenvalue weighted by molar-refractivity contribution is 7.52. The van der Waals surface area contributed by atoms with E-state index in [0.29, 0.717) is 0 Å². The van der Waals surface area contributed by atoms with Gasteiger partial charge in [-0.05, 0) is 18.2 Å². The fourth-order valence-electron chi connectivity index (χ4n) is 1.49. The molecule has 104 valence electrons. The van der Waals surface area contributed by atoms with Crippen molar-refractivity contribution in [3.8, 4) is 0 Å². The zero-order valence-corrected chi connectivity index (χ0v) is 10.8. The number of benzene rings is 1. The first-order chi connectivity index (χ1) is 8.81. The van der Waals surface area contributed by atoms with Gasteiger partial charge in [0.05, 0.1) is 5.56 Å². The lowest BCUT2D eigenvalue weighted by molar-refractivity contribution is -0.137. The molecule has 0 radical (unpaired) electrons. The van der Waals surface area contributed by atoms with Crippen LogP contribution >= 0.6 is 7.75 Å². The smallest absolute Gasteiger partial charge is 0.294 e. The molecule has 0 saturated heterocycles. The summed E-state index contributed by atoms with van der Waals surface area (Å²) in [6.45, 7) is 0. The molecule has 0 aliphatic heterocycles. The van der Waals surface area contributed by atoms with Crippen molar-refractivity contribution in [2.75, 3.05) is 14.2 Å². The Labute approximate surface area is 105 Å². The predicted octanol–water partition coefficient (Wildman–Crippen LogP) is 2.70. The molecular weight excluding hydrogens is 286 g/mol. The van der Waals surface area contributed by atoms with E-state index in [4.69, 9.17) is 0 Å². The molecule has 19 heavy (non-hydrogen) atoms. The summed E-state index contributed by atoms with van der Waals surface area (Å²) in [6.07, 6.45) is -4.52. The lowest BCUT2D eigenvalue weighted by Crippen LogP contribution is -2.06. The molecule has 0 amide bonds. The third-order valence-corrected chi connectivity index (χ3v) is 4.13. The van der Waals surface area contributed by atoms with Crippen LogP contribution in [0.15, 0.2) is 18.2 Å². The van der Waals surface area contributed by atoms with Gasteiger partial charge in [-0.3, -0.25) is 9.05 Å². The van der Waals surface area contributed by atoms with Crippen molar-refractivity contribution in [3.05, 3.63) is 23.8 Å². The van der Waals surface area contributed by atoms with E-state index in [-0.39, 0.29) is 11.0 Å². The van der Waals surface area contributed by atoms with Gasteiger partial charge in [0.1, 0.15) is 11.0 Å². The van der Waals surface area contributed by atoms with E-state index in [9.17, 15) is 17.7 Å². The van der Waals surface area contributed by atoms with Gasteiger partial charge in [-0.15, -0.1) is 9.55 Å². The summed E-state index contributed by atoms with van der Waals surface area (Å²) in [5.74, 6) is 0. The summed E-state index contributed by atoms with van der Waals surface area (Å²) < 4.78 is 60.1. The fraction of sp³-hybridized carbons (Fsp3) is 0.333. The second kappa shape index (κ2) is 4.59. The molecular formula is C9H9F3N3O3P. The van der Waals surface area contributed by atoms with Gasteiger partial charge in [0, 0.05) is 14.2 Å². The van der Waals surface area contributed by atoms with Crippen LogP contribution in [0.5, 0.6) is 0 Å². The van der Waals surface area contributed by atoms with Crippen LogP contribution in [0.2, 0.25) is 0 Å². The minimum absolute atomic E-state index is 0.0816. The van der Waals surface area contributed by atoms with Crippen LogP contribution in [0.4, 0.5) is 13.2 Å². The summed E-state index contributed by atoms with van der Waals surface area (Å²) in [4.78, 5) is 0. The zero-order chi connectivity index (χ0) is 14.3. The molecule has 1 aromatic carbocycles. The zero-order valence-electron chi connectivity index (χ0n) is 9.88. The Balaban J connectivity index is 2.68. The van der Waals surface area contributed by atoms with Crippen molar-refractivity contribution >= 4 is 18.8 Å². The standard InChI is InChI=1S/C9H9F3N3O3P/c1-17-19(16,18-2)15-8-5-6(9(10,11)12)3-4-7(8)13-14-15/h3-5H,1-2H3. The van der Waals surface area contributed by atoms with Gasteiger partial charge >= 0.3 is 13.9 Å². The highest BCUT2D eigenvalue weighted by Gasteiger charge is 2.33. The Morgan fingerprint density at radius 2 is 1.89 bits per heavy atom. The average molecular weight is 295 g/mol. The number of hydrogen-bond acceptors (Lipinski definition) is 5. The largest absolute Gasteiger partial charge is 0.456 e. The quantitative estimate of drug-likeness (QED) is 0.814. The van der Waals surface area contributed by atoms with Crippen molar-refractivity contribution in [1.29, 1.82) is 0 Å². The van der Waals surface area contributed by atoms with Crippen molar-refractivity contribution < 1.29 is 26.8 Å². The Hall–Kier alpha value is -1.44. The van der Waals surface area contributed by atoms with Crippen LogP contribution in [0.1, 0.15) is 5.56 Å². The highest BCUT2D eigenvalue weighted by Crippen LogP contribution is 2.49. The van der Waals surface area contributed by atoms with Gasteiger partial charge in [-0.1, -0.05) is 5.21 Å². The van der Waals surface area contributed by atoms with Crippen LogP contribution in [0, 0.1) is 0 Å².